The van der Waals surface area contributed by atoms with Crippen molar-refractivity contribution >= 4 is 11.0 Å². The molecule has 0 radical (unpaired) electrons. The molecule has 1 aromatic heterocycles. The van der Waals surface area contributed by atoms with Gasteiger partial charge in [-0.15, -0.1) is 0 Å². The Morgan fingerprint density at radius 2 is 2.14 bits per heavy atom. The molecule has 1 aromatic carbocycles. The average Bonchev–Trinajstić information content (AvgIpc) is 3.26. The third-order valence-electron chi connectivity index (χ3n) is 4.63. The van der Waals surface area contributed by atoms with E-state index >= 15 is 0 Å². The molecular weight excluding hydrogens is 260 g/mol. The number of aryl methyl sites for hydroxylation is 1. The maximum Gasteiger partial charge on any atom is 0.124 e. The first-order chi connectivity index (χ1) is 10.3. The van der Waals surface area contributed by atoms with E-state index in [1.165, 1.54) is 48.2 Å². The Morgan fingerprint density at radius 1 is 1.24 bits per heavy atom. The zero-order valence-electron chi connectivity index (χ0n) is 12.8. The summed E-state index contributed by atoms with van der Waals surface area (Å²) in [6, 6.07) is 7.38. The first kappa shape index (κ1) is 13.3. The smallest absolute Gasteiger partial charge is 0.124 e. The summed E-state index contributed by atoms with van der Waals surface area (Å²) < 4.78 is 2.51. The number of hydrogen-bond donors (Lipinski definition) is 1. The fraction of sp³-hybridized carbons (Fsp3) is 0.588. The van der Waals surface area contributed by atoms with Gasteiger partial charge in [-0.3, -0.25) is 4.90 Å². The Kier molecular flexibility index (Phi) is 3.43. The van der Waals surface area contributed by atoms with Crippen LogP contribution in [0.25, 0.3) is 11.0 Å². The monoisotopic (exact) mass is 284 g/mol. The van der Waals surface area contributed by atoms with Crippen LogP contribution in [0.1, 0.15) is 36.7 Å². The molecule has 4 heteroatoms. The van der Waals surface area contributed by atoms with Gasteiger partial charge in [-0.25, -0.2) is 4.98 Å². The van der Waals surface area contributed by atoms with Crippen molar-refractivity contribution in [3.05, 3.63) is 29.6 Å². The second kappa shape index (κ2) is 5.43. The number of hydrogen-bond acceptors (Lipinski definition) is 3. The summed E-state index contributed by atoms with van der Waals surface area (Å²) in [7, 11) is 0. The van der Waals surface area contributed by atoms with Crippen LogP contribution in [0.3, 0.4) is 0 Å². The number of aromatic nitrogens is 2. The summed E-state index contributed by atoms with van der Waals surface area (Å²) in [5.74, 6) is 1.26. The lowest BCUT2D eigenvalue weighted by atomic mass is 10.2. The number of fused-ring (bicyclic) bond motifs is 1. The van der Waals surface area contributed by atoms with Crippen LogP contribution in [0, 0.1) is 6.92 Å². The van der Waals surface area contributed by atoms with Crippen molar-refractivity contribution in [2.75, 3.05) is 26.2 Å². The summed E-state index contributed by atoms with van der Waals surface area (Å²) in [4.78, 5) is 7.51. The van der Waals surface area contributed by atoms with Gasteiger partial charge in [-0.05, 0) is 57.0 Å². The van der Waals surface area contributed by atoms with E-state index in [0.29, 0.717) is 6.04 Å². The molecule has 0 amide bonds. The van der Waals surface area contributed by atoms with E-state index in [-0.39, 0.29) is 0 Å². The van der Waals surface area contributed by atoms with Crippen molar-refractivity contribution in [1.82, 2.24) is 19.8 Å². The van der Waals surface area contributed by atoms with E-state index in [4.69, 9.17) is 4.98 Å². The molecule has 1 aliphatic heterocycles. The average molecular weight is 284 g/mol. The number of nitrogens with zero attached hydrogens (tertiary/aromatic N) is 3. The Morgan fingerprint density at radius 3 is 3.00 bits per heavy atom. The zero-order valence-corrected chi connectivity index (χ0v) is 12.8. The SMILES string of the molecule is Cc1ccc2c(c1)nc(CN1CCCNCC1)n2C1CC1. The summed E-state index contributed by atoms with van der Waals surface area (Å²) >= 11 is 0. The summed E-state index contributed by atoms with van der Waals surface area (Å²) in [6.45, 7) is 7.70. The van der Waals surface area contributed by atoms with Gasteiger partial charge in [0, 0.05) is 19.1 Å². The quantitative estimate of drug-likeness (QED) is 0.940. The van der Waals surface area contributed by atoms with E-state index in [0.717, 1.165) is 26.2 Å². The number of rotatable bonds is 3. The lowest BCUT2D eigenvalue weighted by Crippen LogP contribution is -2.29. The maximum absolute atomic E-state index is 4.96. The predicted molar refractivity (Wildman–Crippen MR) is 85.5 cm³/mol. The number of benzene rings is 1. The van der Waals surface area contributed by atoms with Gasteiger partial charge in [0.25, 0.3) is 0 Å². The van der Waals surface area contributed by atoms with Crippen LogP contribution in [0.2, 0.25) is 0 Å². The molecule has 0 unspecified atom stereocenters. The third-order valence-corrected chi connectivity index (χ3v) is 4.63. The molecular formula is C17H24N4. The topological polar surface area (TPSA) is 33.1 Å². The molecule has 2 aromatic rings. The predicted octanol–water partition coefficient (Wildman–Crippen LogP) is 2.47. The molecule has 1 saturated carbocycles. The molecule has 1 N–H and O–H groups in total. The molecule has 4 rings (SSSR count). The van der Waals surface area contributed by atoms with Crippen molar-refractivity contribution in [2.45, 2.75) is 38.8 Å². The molecule has 0 bridgehead atoms. The Labute approximate surface area is 126 Å². The Bertz CT molecular complexity index is 634. The molecule has 2 heterocycles. The Balaban J connectivity index is 1.68. The van der Waals surface area contributed by atoms with Crippen molar-refractivity contribution in [3.8, 4) is 0 Å². The van der Waals surface area contributed by atoms with Crippen molar-refractivity contribution in [2.24, 2.45) is 0 Å². The van der Waals surface area contributed by atoms with E-state index in [2.05, 4.69) is 39.9 Å². The van der Waals surface area contributed by atoms with Crippen LogP contribution in [-0.4, -0.2) is 40.6 Å². The van der Waals surface area contributed by atoms with Gasteiger partial charge < -0.3 is 9.88 Å². The van der Waals surface area contributed by atoms with Crippen LogP contribution < -0.4 is 5.32 Å². The summed E-state index contributed by atoms with van der Waals surface area (Å²) in [6.07, 6.45) is 3.87. The van der Waals surface area contributed by atoms with Crippen LogP contribution in [0.5, 0.6) is 0 Å². The molecule has 2 aliphatic rings. The second-order valence-electron chi connectivity index (χ2n) is 6.50. The highest BCUT2D eigenvalue weighted by atomic mass is 15.2. The standard InChI is InChI=1S/C17H24N4/c1-13-3-6-16-15(11-13)19-17(21(16)14-4-5-14)12-20-9-2-7-18-8-10-20/h3,6,11,14,18H,2,4-5,7-10,12H2,1H3. The summed E-state index contributed by atoms with van der Waals surface area (Å²) in [5.41, 5.74) is 3.80. The Hall–Kier alpha value is -1.39. The minimum absolute atomic E-state index is 0.692. The van der Waals surface area contributed by atoms with Crippen molar-refractivity contribution in [1.29, 1.82) is 0 Å². The third kappa shape index (κ3) is 2.70. The molecule has 1 aliphatic carbocycles. The zero-order chi connectivity index (χ0) is 14.2. The first-order valence-electron chi connectivity index (χ1n) is 8.22. The molecule has 112 valence electrons. The van der Waals surface area contributed by atoms with Gasteiger partial charge in [-0.1, -0.05) is 6.07 Å². The van der Waals surface area contributed by atoms with E-state index in [9.17, 15) is 0 Å². The van der Waals surface area contributed by atoms with Gasteiger partial charge in [0.1, 0.15) is 5.82 Å². The van der Waals surface area contributed by atoms with Gasteiger partial charge in [0.05, 0.1) is 17.6 Å². The molecule has 0 atom stereocenters. The number of imidazole rings is 1. The molecule has 1 saturated heterocycles. The van der Waals surface area contributed by atoms with Gasteiger partial charge in [0.2, 0.25) is 0 Å². The highest BCUT2D eigenvalue weighted by molar-refractivity contribution is 5.77. The van der Waals surface area contributed by atoms with E-state index in [1.807, 2.05) is 0 Å². The molecule has 2 fully saturated rings. The van der Waals surface area contributed by atoms with E-state index in [1.54, 1.807) is 0 Å². The minimum atomic E-state index is 0.692. The van der Waals surface area contributed by atoms with Crippen molar-refractivity contribution < 1.29 is 0 Å². The maximum atomic E-state index is 4.96. The van der Waals surface area contributed by atoms with Crippen LogP contribution in [0.15, 0.2) is 18.2 Å². The highest BCUT2D eigenvalue weighted by Crippen LogP contribution is 2.39. The lowest BCUT2D eigenvalue weighted by Gasteiger charge is -2.19. The first-order valence-corrected chi connectivity index (χ1v) is 8.22. The minimum Gasteiger partial charge on any atom is -0.324 e. The molecule has 4 nitrogen and oxygen atoms in total. The fourth-order valence-corrected chi connectivity index (χ4v) is 3.37. The summed E-state index contributed by atoms with van der Waals surface area (Å²) in [5, 5.41) is 3.48. The van der Waals surface area contributed by atoms with Crippen LogP contribution >= 0.6 is 0 Å². The van der Waals surface area contributed by atoms with E-state index < -0.39 is 0 Å². The van der Waals surface area contributed by atoms with Gasteiger partial charge >= 0.3 is 0 Å². The van der Waals surface area contributed by atoms with Crippen LogP contribution in [0.4, 0.5) is 0 Å². The fourth-order valence-electron chi connectivity index (χ4n) is 3.37. The lowest BCUT2D eigenvalue weighted by molar-refractivity contribution is 0.273. The second-order valence-corrected chi connectivity index (χ2v) is 6.50. The molecule has 0 spiro atoms. The van der Waals surface area contributed by atoms with Gasteiger partial charge in [0.15, 0.2) is 0 Å². The largest absolute Gasteiger partial charge is 0.324 e. The van der Waals surface area contributed by atoms with Gasteiger partial charge in [-0.2, -0.15) is 0 Å². The molecule has 21 heavy (non-hydrogen) atoms. The van der Waals surface area contributed by atoms with Crippen LogP contribution in [-0.2, 0) is 6.54 Å². The normalized spacial score (nSPS) is 20.8. The number of nitrogens with one attached hydrogen (secondary N) is 1. The van der Waals surface area contributed by atoms with Crippen molar-refractivity contribution in [3.63, 3.8) is 0 Å². The highest BCUT2D eigenvalue weighted by Gasteiger charge is 2.28.